The van der Waals surface area contributed by atoms with Crippen LogP contribution in [0.15, 0.2) is 42.5 Å². The average Bonchev–Trinajstić information content (AvgIpc) is 2.19. The van der Waals surface area contributed by atoms with Crippen molar-refractivity contribution in [1.29, 1.82) is 0 Å². The van der Waals surface area contributed by atoms with Crippen molar-refractivity contribution in [1.82, 2.24) is 4.98 Å². The summed E-state index contributed by atoms with van der Waals surface area (Å²) in [5, 5.41) is 0.739. The van der Waals surface area contributed by atoms with E-state index in [1.54, 1.807) is 0 Å². The molecule has 1 aromatic heterocycles. The molecule has 0 amide bonds. The number of aromatic nitrogens is 1. The Morgan fingerprint density at radius 3 is 2.36 bits per heavy atom. The van der Waals surface area contributed by atoms with Gasteiger partial charge in [0.1, 0.15) is 4.64 Å². The van der Waals surface area contributed by atoms with Crippen LogP contribution in [0.2, 0.25) is 5.02 Å². The molecule has 0 bridgehead atoms. The number of benzene rings is 1. The van der Waals surface area contributed by atoms with Gasteiger partial charge >= 0.3 is 0 Å². The van der Waals surface area contributed by atoms with Crippen molar-refractivity contribution in [2.45, 2.75) is 0 Å². The van der Waals surface area contributed by atoms with Crippen LogP contribution in [0, 0.1) is 4.64 Å². The number of halogens is 1. The fourth-order valence-electron chi connectivity index (χ4n) is 1.25. The van der Waals surface area contributed by atoms with Gasteiger partial charge in [-0.05, 0) is 29.8 Å². The van der Waals surface area contributed by atoms with Crippen LogP contribution >= 0.6 is 23.8 Å². The number of nitrogens with one attached hydrogen (secondary N) is 1. The van der Waals surface area contributed by atoms with E-state index in [2.05, 4.69) is 4.98 Å². The van der Waals surface area contributed by atoms with Gasteiger partial charge in [0.2, 0.25) is 0 Å². The monoisotopic (exact) mass is 221 g/mol. The second-order valence-electron chi connectivity index (χ2n) is 2.94. The molecule has 2 aromatic rings. The van der Waals surface area contributed by atoms with Crippen molar-refractivity contribution in [2.24, 2.45) is 0 Å². The lowest BCUT2D eigenvalue weighted by molar-refractivity contribution is 1.30. The minimum Gasteiger partial charge on any atom is -0.346 e. The first-order valence-corrected chi connectivity index (χ1v) is 4.99. The van der Waals surface area contributed by atoms with Gasteiger partial charge in [-0.1, -0.05) is 42.0 Å². The Morgan fingerprint density at radius 1 is 1.00 bits per heavy atom. The SMILES string of the molecule is S=c1cccc(-c2ccc(Cl)cc2)[nH]1. The molecule has 3 heteroatoms. The van der Waals surface area contributed by atoms with Gasteiger partial charge < -0.3 is 4.98 Å². The summed E-state index contributed by atoms with van der Waals surface area (Å²) < 4.78 is 0.734. The van der Waals surface area contributed by atoms with Gasteiger partial charge in [-0.2, -0.15) is 0 Å². The first-order chi connectivity index (χ1) is 6.75. The standard InChI is InChI=1S/C11H8ClNS/c12-9-6-4-8(5-7-9)10-2-1-3-11(14)13-10/h1-7H,(H,13,14). The molecule has 0 aliphatic rings. The Bertz CT molecular complexity index is 487. The zero-order chi connectivity index (χ0) is 9.97. The molecule has 14 heavy (non-hydrogen) atoms. The molecular weight excluding hydrogens is 214 g/mol. The number of hydrogen-bond acceptors (Lipinski definition) is 1. The Hall–Kier alpha value is -1.12. The average molecular weight is 222 g/mol. The van der Waals surface area contributed by atoms with Crippen LogP contribution in [-0.2, 0) is 0 Å². The third kappa shape index (κ3) is 2.03. The minimum absolute atomic E-state index is 0.734. The molecule has 1 N–H and O–H groups in total. The largest absolute Gasteiger partial charge is 0.346 e. The van der Waals surface area contributed by atoms with Crippen molar-refractivity contribution in [3.8, 4) is 11.3 Å². The molecule has 1 aromatic carbocycles. The molecule has 0 unspecified atom stereocenters. The van der Waals surface area contributed by atoms with Crippen LogP contribution in [-0.4, -0.2) is 4.98 Å². The van der Waals surface area contributed by atoms with Crippen molar-refractivity contribution in [3.05, 3.63) is 52.1 Å². The third-order valence-electron chi connectivity index (χ3n) is 1.92. The van der Waals surface area contributed by atoms with Crippen LogP contribution < -0.4 is 0 Å². The zero-order valence-electron chi connectivity index (χ0n) is 7.33. The molecule has 0 aliphatic heterocycles. The van der Waals surface area contributed by atoms with Crippen molar-refractivity contribution >= 4 is 23.8 Å². The highest BCUT2D eigenvalue weighted by atomic mass is 35.5. The lowest BCUT2D eigenvalue weighted by atomic mass is 10.1. The molecule has 70 valence electrons. The van der Waals surface area contributed by atoms with Gasteiger partial charge in [-0.15, -0.1) is 0 Å². The maximum absolute atomic E-state index is 5.80. The van der Waals surface area contributed by atoms with Crippen molar-refractivity contribution in [3.63, 3.8) is 0 Å². The van der Waals surface area contributed by atoms with Gasteiger partial charge in [0.05, 0.1) is 0 Å². The van der Waals surface area contributed by atoms with Crippen molar-refractivity contribution in [2.75, 3.05) is 0 Å². The fourth-order valence-corrected chi connectivity index (χ4v) is 1.56. The highest BCUT2D eigenvalue weighted by Crippen LogP contribution is 2.18. The summed E-state index contributed by atoms with van der Waals surface area (Å²) in [6.45, 7) is 0. The van der Waals surface area contributed by atoms with Crippen LogP contribution in [0.4, 0.5) is 0 Å². The number of rotatable bonds is 1. The first-order valence-electron chi connectivity index (χ1n) is 4.21. The van der Waals surface area contributed by atoms with E-state index in [1.807, 2.05) is 42.5 Å². The second-order valence-corrected chi connectivity index (χ2v) is 3.81. The topological polar surface area (TPSA) is 15.8 Å². The van der Waals surface area contributed by atoms with Crippen molar-refractivity contribution < 1.29 is 0 Å². The normalized spacial score (nSPS) is 10.1. The molecule has 2 rings (SSSR count). The van der Waals surface area contributed by atoms with E-state index in [0.29, 0.717) is 0 Å². The fraction of sp³-hybridized carbons (Fsp3) is 0. The molecule has 0 saturated carbocycles. The van der Waals surface area contributed by atoms with Gasteiger partial charge in [0.25, 0.3) is 0 Å². The Morgan fingerprint density at radius 2 is 1.71 bits per heavy atom. The molecule has 0 aliphatic carbocycles. The smallest absolute Gasteiger partial charge is 0.103 e. The van der Waals surface area contributed by atoms with E-state index in [9.17, 15) is 0 Å². The predicted octanol–water partition coefficient (Wildman–Crippen LogP) is 4.06. The predicted molar refractivity (Wildman–Crippen MR) is 62.1 cm³/mol. The summed E-state index contributed by atoms with van der Waals surface area (Å²) in [5.74, 6) is 0. The summed E-state index contributed by atoms with van der Waals surface area (Å²) in [6.07, 6.45) is 0. The summed E-state index contributed by atoms with van der Waals surface area (Å²) in [7, 11) is 0. The molecular formula is C11H8ClNS. The quantitative estimate of drug-likeness (QED) is 0.718. The zero-order valence-corrected chi connectivity index (χ0v) is 8.90. The summed E-state index contributed by atoms with van der Waals surface area (Å²) in [4.78, 5) is 3.11. The molecule has 0 spiro atoms. The molecule has 0 radical (unpaired) electrons. The van der Waals surface area contributed by atoms with E-state index in [-0.39, 0.29) is 0 Å². The van der Waals surface area contributed by atoms with E-state index in [0.717, 1.165) is 20.9 Å². The summed E-state index contributed by atoms with van der Waals surface area (Å²) in [6, 6.07) is 13.4. The van der Waals surface area contributed by atoms with Crippen LogP contribution in [0.25, 0.3) is 11.3 Å². The van der Waals surface area contributed by atoms with Gasteiger partial charge in [-0.3, -0.25) is 0 Å². The number of hydrogen-bond donors (Lipinski definition) is 1. The summed E-state index contributed by atoms with van der Waals surface area (Å²) in [5.41, 5.74) is 2.09. The molecule has 1 heterocycles. The van der Waals surface area contributed by atoms with Gasteiger partial charge in [-0.25, -0.2) is 0 Å². The van der Waals surface area contributed by atoms with Crippen LogP contribution in [0.5, 0.6) is 0 Å². The van der Waals surface area contributed by atoms with Gasteiger partial charge in [0.15, 0.2) is 0 Å². The van der Waals surface area contributed by atoms with E-state index >= 15 is 0 Å². The number of H-pyrrole nitrogens is 1. The Labute approximate surface area is 92.4 Å². The van der Waals surface area contributed by atoms with Crippen LogP contribution in [0.1, 0.15) is 0 Å². The minimum atomic E-state index is 0.734. The molecule has 1 nitrogen and oxygen atoms in total. The van der Waals surface area contributed by atoms with E-state index < -0.39 is 0 Å². The highest BCUT2D eigenvalue weighted by Gasteiger charge is 1.96. The maximum atomic E-state index is 5.80. The third-order valence-corrected chi connectivity index (χ3v) is 2.41. The number of pyridine rings is 1. The van der Waals surface area contributed by atoms with Crippen LogP contribution in [0.3, 0.4) is 0 Å². The lowest BCUT2D eigenvalue weighted by Crippen LogP contribution is -1.82. The highest BCUT2D eigenvalue weighted by molar-refractivity contribution is 7.71. The maximum Gasteiger partial charge on any atom is 0.103 e. The molecule has 0 atom stereocenters. The Balaban J connectivity index is 2.50. The van der Waals surface area contributed by atoms with E-state index in [4.69, 9.17) is 23.8 Å². The summed E-state index contributed by atoms with van der Waals surface area (Å²) >= 11 is 10.8. The van der Waals surface area contributed by atoms with E-state index in [1.165, 1.54) is 0 Å². The molecule has 0 saturated heterocycles. The molecule has 0 fully saturated rings. The second kappa shape index (κ2) is 3.95. The lowest BCUT2D eigenvalue weighted by Gasteiger charge is -2.01. The van der Waals surface area contributed by atoms with Gasteiger partial charge in [0, 0.05) is 10.7 Å². The first kappa shape index (κ1) is 9.44. The number of aromatic amines is 1. The Kier molecular flexibility index (Phi) is 2.66.